The minimum atomic E-state index is 0.128. The molecule has 0 saturated carbocycles. The first-order valence-electron chi connectivity index (χ1n) is 6.42. The molecule has 0 spiro atoms. The molecule has 2 rings (SSSR count). The molecule has 18 heavy (non-hydrogen) atoms. The summed E-state index contributed by atoms with van der Waals surface area (Å²) < 4.78 is 0. The number of likely N-dealkylation sites (N-methyl/N-ethyl adjacent to an activating group) is 1. The van der Waals surface area contributed by atoms with E-state index < -0.39 is 0 Å². The number of anilines is 1. The van der Waals surface area contributed by atoms with Gasteiger partial charge in [-0.25, -0.2) is 0 Å². The van der Waals surface area contributed by atoms with Crippen molar-refractivity contribution in [3.05, 3.63) is 41.0 Å². The number of nitrogens with one attached hydrogen (secondary N) is 1. The Morgan fingerprint density at radius 2 is 2.00 bits per heavy atom. The van der Waals surface area contributed by atoms with E-state index >= 15 is 0 Å². The average molecular weight is 244 g/mol. The van der Waals surface area contributed by atoms with E-state index in [2.05, 4.69) is 5.32 Å². The van der Waals surface area contributed by atoms with Gasteiger partial charge in [-0.2, -0.15) is 0 Å². The summed E-state index contributed by atoms with van der Waals surface area (Å²) >= 11 is 0. The lowest BCUT2D eigenvalue weighted by atomic mass is 10.0. The van der Waals surface area contributed by atoms with E-state index in [1.54, 1.807) is 0 Å². The summed E-state index contributed by atoms with van der Waals surface area (Å²) in [7, 11) is 0. The van der Waals surface area contributed by atoms with Gasteiger partial charge in [0, 0.05) is 30.9 Å². The maximum absolute atomic E-state index is 12.5. The summed E-state index contributed by atoms with van der Waals surface area (Å²) in [5.41, 5.74) is 4.26. The van der Waals surface area contributed by atoms with Crippen LogP contribution >= 0.6 is 0 Å². The Morgan fingerprint density at radius 1 is 1.33 bits per heavy atom. The predicted molar refractivity (Wildman–Crippen MR) is 74.8 cm³/mol. The van der Waals surface area contributed by atoms with Crippen molar-refractivity contribution in [2.75, 3.05) is 24.5 Å². The molecule has 0 unspecified atom stereocenters. The van der Waals surface area contributed by atoms with Crippen molar-refractivity contribution in [1.29, 1.82) is 0 Å². The molecule has 0 aromatic heterocycles. The van der Waals surface area contributed by atoms with E-state index in [1.807, 2.05) is 49.9 Å². The molecule has 0 aliphatic carbocycles. The van der Waals surface area contributed by atoms with Crippen LogP contribution in [-0.4, -0.2) is 25.5 Å². The van der Waals surface area contributed by atoms with Gasteiger partial charge in [0.25, 0.3) is 5.91 Å². The number of hydrogen-bond donors (Lipinski definition) is 1. The van der Waals surface area contributed by atoms with Crippen LogP contribution in [0.1, 0.15) is 19.4 Å². The standard InChI is InChI=1S/C15H20N2O/c1-4-17(14-8-6-5-7-11(14)2)15(18)12(3)13-9-16-10-13/h5-8,16H,4,9-10H2,1-3H3. The molecule has 1 fully saturated rings. The fourth-order valence-corrected chi connectivity index (χ4v) is 2.16. The summed E-state index contributed by atoms with van der Waals surface area (Å²) in [4.78, 5) is 14.4. The first kappa shape index (κ1) is 12.8. The van der Waals surface area contributed by atoms with Crippen LogP contribution in [0, 0.1) is 6.92 Å². The second-order valence-electron chi connectivity index (χ2n) is 4.67. The quantitative estimate of drug-likeness (QED) is 0.827. The SMILES string of the molecule is CCN(C(=O)C(C)=C1CNC1)c1ccccc1C. The highest BCUT2D eigenvalue weighted by atomic mass is 16.2. The highest BCUT2D eigenvalue weighted by Crippen LogP contribution is 2.22. The summed E-state index contributed by atoms with van der Waals surface area (Å²) in [5.74, 6) is 0.128. The van der Waals surface area contributed by atoms with Crippen LogP contribution in [0.4, 0.5) is 5.69 Å². The topological polar surface area (TPSA) is 32.3 Å². The van der Waals surface area contributed by atoms with E-state index in [4.69, 9.17) is 0 Å². The average Bonchev–Trinajstić information content (AvgIpc) is 2.30. The van der Waals surface area contributed by atoms with Crippen molar-refractivity contribution in [3.8, 4) is 0 Å². The number of nitrogens with zero attached hydrogens (tertiary/aromatic N) is 1. The molecule has 0 bridgehead atoms. The second kappa shape index (κ2) is 5.36. The summed E-state index contributed by atoms with van der Waals surface area (Å²) in [6.45, 7) is 8.38. The van der Waals surface area contributed by atoms with Crippen molar-refractivity contribution in [3.63, 3.8) is 0 Å². The molecule has 1 aliphatic rings. The fourth-order valence-electron chi connectivity index (χ4n) is 2.16. The van der Waals surface area contributed by atoms with E-state index in [-0.39, 0.29) is 5.91 Å². The maximum Gasteiger partial charge on any atom is 0.253 e. The van der Waals surface area contributed by atoms with Crippen molar-refractivity contribution >= 4 is 11.6 Å². The van der Waals surface area contributed by atoms with Crippen LogP contribution in [0.15, 0.2) is 35.4 Å². The molecule has 1 N–H and O–H groups in total. The number of hydrogen-bond acceptors (Lipinski definition) is 2. The monoisotopic (exact) mass is 244 g/mol. The van der Waals surface area contributed by atoms with Crippen LogP contribution in [0.3, 0.4) is 0 Å². The zero-order chi connectivity index (χ0) is 13.1. The summed E-state index contributed by atoms with van der Waals surface area (Å²) in [5, 5.41) is 3.18. The molecule has 96 valence electrons. The molecule has 1 aliphatic heterocycles. The Bertz CT molecular complexity index is 485. The van der Waals surface area contributed by atoms with Crippen LogP contribution in [0.2, 0.25) is 0 Å². The lowest BCUT2D eigenvalue weighted by molar-refractivity contribution is -0.115. The van der Waals surface area contributed by atoms with Crippen molar-refractivity contribution in [2.45, 2.75) is 20.8 Å². The number of carbonyl (C=O) groups is 1. The molecular formula is C15H20N2O. The lowest BCUT2D eigenvalue weighted by Crippen LogP contribution is -2.39. The van der Waals surface area contributed by atoms with Crippen molar-refractivity contribution in [1.82, 2.24) is 5.32 Å². The van der Waals surface area contributed by atoms with E-state index in [1.165, 1.54) is 5.57 Å². The van der Waals surface area contributed by atoms with E-state index in [0.29, 0.717) is 6.54 Å². The van der Waals surface area contributed by atoms with Gasteiger partial charge in [0.15, 0.2) is 0 Å². The Labute approximate surface area is 108 Å². The molecule has 1 aromatic rings. The predicted octanol–water partition coefficient (Wildman–Crippen LogP) is 2.27. The van der Waals surface area contributed by atoms with Gasteiger partial charge in [-0.1, -0.05) is 18.2 Å². The van der Waals surface area contributed by atoms with Gasteiger partial charge in [0.1, 0.15) is 0 Å². The molecule has 0 atom stereocenters. The second-order valence-corrected chi connectivity index (χ2v) is 4.67. The molecule has 0 radical (unpaired) electrons. The number of para-hydroxylation sites is 1. The molecule has 1 saturated heterocycles. The van der Waals surface area contributed by atoms with E-state index in [9.17, 15) is 4.79 Å². The first-order valence-corrected chi connectivity index (χ1v) is 6.42. The van der Waals surface area contributed by atoms with E-state index in [0.717, 1.165) is 29.9 Å². The van der Waals surface area contributed by atoms with Gasteiger partial charge in [-0.15, -0.1) is 0 Å². The van der Waals surface area contributed by atoms with Crippen molar-refractivity contribution in [2.24, 2.45) is 0 Å². The van der Waals surface area contributed by atoms with Gasteiger partial charge in [0.2, 0.25) is 0 Å². The third-order valence-electron chi connectivity index (χ3n) is 3.50. The third kappa shape index (κ3) is 2.31. The zero-order valence-corrected chi connectivity index (χ0v) is 11.3. The fraction of sp³-hybridized carbons (Fsp3) is 0.400. The van der Waals surface area contributed by atoms with Crippen LogP contribution in [0.5, 0.6) is 0 Å². The number of aryl methyl sites for hydroxylation is 1. The Morgan fingerprint density at radius 3 is 2.50 bits per heavy atom. The lowest BCUT2D eigenvalue weighted by Gasteiger charge is -2.27. The van der Waals surface area contributed by atoms with Gasteiger partial charge < -0.3 is 10.2 Å². The smallest absolute Gasteiger partial charge is 0.253 e. The molecule has 3 heteroatoms. The third-order valence-corrected chi connectivity index (χ3v) is 3.50. The summed E-state index contributed by atoms with van der Waals surface area (Å²) in [6.07, 6.45) is 0. The summed E-state index contributed by atoms with van der Waals surface area (Å²) in [6, 6.07) is 8.02. The van der Waals surface area contributed by atoms with Gasteiger partial charge in [0.05, 0.1) is 0 Å². The molecule has 3 nitrogen and oxygen atoms in total. The maximum atomic E-state index is 12.5. The number of amides is 1. The van der Waals surface area contributed by atoms with Crippen LogP contribution < -0.4 is 10.2 Å². The molecule has 1 amide bonds. The highest BCUT2D eigenvalue weighted by Gasteiger charge is 2.21. The normalized spacial score (nSPS) is 14.1. The minimum Gasteiger partial charge on any atom is -0.309 e. The minimum absolute atomic E-state index is 0.128. The Hall–Kier alpha value is -1.61. The molecule has 1 heterocycles. The van der Waals surface area contributed by atoms with Crippen LogP contribution in [-0.2, 0) is 4.79 Å². The first-order chi connectivity index (χ1) is 8.65. The Balaban J connectivity index is 2.29. The van der Waals surface area contributed by atoms with Crippen LogP contribution in [0.25, 0.3) is 0 Å². The largest absolute Gasteiger partial charge is 0.309 e. The Kier molecular flexibility index (Phi) is 3.82. The molecular weight excluding hydrogens is 224 g/mol. The number of carbonyl (C=O) groups excluding carboxylic acids is 1. The van der Waals surface area contributed by atoms with Gasteiger partial charge in [-0.05, 0) is 38.0 Å². The molecule has 1 aromatic carbocycles. The van der Waals surface area contributed by atoms with Gasteiger partial charge in [-0.3, -0.25) is 4.79 Å². The zero-order valence-electron chi connectivity index (χ0n) is 11.3. The number of benzene rings is 1. The van der Waals surface area contributed by atoms with Crippen molar-refractivity contribution < 1.29 is 4.79 Å². The highest BCUT2D eigenvalue weighted by molar-refractivity contribution is 6.06. The number of rotatable bonds is 3. The van der Waals surface area contributed by atoms with Gasteiger partial charge >= 0.3 is 0 Å².